The summed E-state index contributed by atoms with van der Waals surface area (Å²) in [7, 11) is 1.70. The number of rotatable bonds is 7. The lowest BCUT2D eigenvalue weighted by Gasteiger charge is -2.15. The first-order valence-corrected chi connectivity index (χ1v) is 6.39. The number of hydrogen-bond donors (Lipinski definition) is 3. The Labute approximate surface area is 112 Å². The fourth-order valence-electron chi connectivity index (χ4n) is 2.01. The number of hydrogen-bond acceptors (Lipinski definition) is 5. The molecule has 2 rings (SSSR count). The van der Waals surface area contributed by atoms with Gasteiger partial charge in [-0.1, -0.05) is 0 Å². The summed E-state index contributed by atoms with van der Waals surface area (Å²) in [6, 6.07) is 3.34. The standard InChI is InChI=1S/C13H20N4O2/c1-19-7-5-13(3-4-13)9-16-12(18)11-8-10(17-14)2-6-15-11/h2,6,8H,3-5,7,9,14H2,1H3,(H,15,17)(H,16,18). The van der Waals surface area contributed by atoms with E-state index in [0.29, 0.717) is 17.9 Å². The van der Waals surface area contributed by atoms with Gasteiger partial charge in [-0.2, -0.15) is 0 Å². The molecule has 19 heavy (non-hydrogen) atoms. The summed E-state index contributed by atoms with van der Waals surface area (Å²) < 4.78 is 5.09. The van der Waals surface area contributed by atoms with Crippen molar-refractivity contribution in [2.24, 2.45) is 11.3 Å². The maximum Gasteiger partial charge on any atom is 0.269 e. The summed E-state index contributed by atoms with van der Waals surface area (Å²) in [5, 5.41) is 2.94. The summed E-state index contributed by atoms with van der Waals surface area (Å²) >= 11 is 0. The molecule has 0 saturated heterocycles. The van der Waals surface area contributed by atoms with E-state index in [9.17, 15) is 4.79 Å². The van der Waals surface area contributed by atoms with E-state index in [0.717, 1.165) is 25.9 Å². The monoisotopic (exact) mass is 264 g/mol. The fraction of sp³-hybridized carbons (Fsp3) is 0.538. The second-order valence-corrected chi connectivity index (χ2v) is 5.00. The van der Waals surface area contributed by atoms with Crippen LogP contribution < -0.4 is 16.6 Å². The number of carbonyl (C=O) groups is 1. The summed E-state index contributed by atoms with van der Waals surface area (Å²) in [6.07, 6.45) is 4.84. The van der Waals surface area contributed by atoms with Gasteiger partial charge in [-0.15, -0.1) is 0 Å². The Kier molecular flexibility index (Phi) is 4.34. The van der Waals surface area contributed by atoms with Crippen molar-refractivity contribution in [3.05, 3.63) is 24.0 Å². The first-order chi connectivity index (χ1) is 9.19. The van der Waals surface area contributed by atoms with Gasteiger partial charge in [0.1, 0.15) is 5.69 Å². The number of pyridine rings is 1. The molecule has 104 valence electrons. The number of ether oxygens (including phenoxy) is 1. The third-order valence-corrected chi connectivity index (χ3v) is 3.58. The molecule has 0 radical (unpaired) electrons. The van der Waals surface area contributed by atoms with Crippen molar-refractivity contribution >= 4 is 11.6 Å². The van der Waals surface area contributed by atoms with Crippen molar-refractivity contribution in [2.75, 3.05) is 25.7 Å². The van der Waals surface area contributed by atoms with Crippen molar-refractivity contribution in [3.63, 3.8) is 0 Å². The molecule has 1 aliphatic rings. The third kappa shape index (κ3) is 3.65. The minimum Gasteiger partial charge on any atom is -0.385 e. The first-order valence-electron chi connectivity index (χ1n) is 6.39. The topological polar surface area (TPSA) is 89.3 Å². The molecule has 0 aromatic carbocycles. The number of nitrogens with one attached hydrogen (secondary N) is 2. The number of aromatic nitrogens is 1. The van der Waals surface area contributed by atoms with E-state index in [1.165, 1.54) is 0 Å². The highest BCUT2D eigenvalue weighted by Crippen LogP contribution is 2.48. The minimum atomic E-state index is -0.166. The van der Waals surface area contributed by atoms with Gasteiger partial charge in [0.25, 0.3) is 5.91 Å². The summed E-state index contributed by atoms with van der Waals surface area (Å²) in [6.45, 7) is 1.41. The average molecular weight is 264 g/mol. The molecule has 0 spiro atoms. The van der Waals surface area contributed by atoms with Gasteiger partial charge < -0.3 is 15.5 Å². The summed E-state index contributed by atoms with van der Waals surface area (Å²) in [5.74, 6) is 5.14. The van der Waals surface area contributed by atoms with E-state index >= 15 is 0 Å². The minimum absolute atomic E-state index is 0.166. The van der Waals surface area contributed by atoms with Crippen molar-refractivity contribution < 1.29 is 9.53 Å². The number of methoxy groups -OCH3 is 1. The van der Waals surface area contributed by atoms with Gasteiger partial charge in [0.2, 0.25) is 0 Å². The Morgan fingerprint density at radius 3 is 3.00 bits per heavy atom. The zero-order valence-corrected chi connectivity index (χ0v) is 11.1. The van der Waals surface area contributed by atoms with Crippen LogP contribution in [0.4, 0.5) is 5.69 Å². The lowest BCUT2D eigenvalue weighted by molar-refractivity contribution is 0.0933. The molecule has 1 heterocycles. The Balaban J connectivity index is 1.87. The quantitative estimate of drug-likeness (QED) is 0.503. The second-order valence-electron chi connectivity index (χ2n) is 5.00. The van der Waals surface area contributed by atoms with Crippen LogP contribution in [0.2, 0.25) is 0 Å². The predicted octanol–water partition coefficient (Wildman–Crippen LogP) is 0.914. The zero-order chi connectivity index (χ0) is 13.7. The second kappa shape index (κ2) is 5.99. The van der Waals surface area contributed by atoms with E-state index in [2.05, 4.69) is 15.7 Å². The van der Waals surface area contributed by atoms with Crippen LogP contribution in [0.25, 0.3) is 0 Å². The number of amides is 1. The molecule has 4 N–H and O–H groups in total. The van der Waals surface area contributed by atoms with Crippen molar-refractivity contribution in [1.82, 2.24) is 10.3 Å². The molecule has 0 bridgehead atoms. The molecule has 1 amide bonds. The molecule has 6 heteroatoms. The molecule has 1 fully saturated rings. The van der Waals surface area contributed by atoms with Crippen LogP contribution in [-0.4, -0.2) is 31.2 Å². The first kappa shape index (κ1) is 13.8. The third-order valence-electron chi connectivity index (χ3n) is 3.58. The van der Waals surface area contributed by atoms with Crippen LogP contribution >= 0.6 is 0 Å². The van der Waals surface area contributed by atoms with Gasteiger partial charge in [0.15, 0.2) is 0 Å². The molecular formula is C13H20N4O2. The van der Waals surface area contributed by atoms with Crippen molar-refractivity contribution in [2.45, 2.75) is 19.3 Å². The number of anilines is 1. The largest absolute Gasteiger partial charge is 0.385 e. The highest BCUT2D eigenvalue weighted by molar-refractivity contribution is 5.93. The van der Waals surface area contributed by atoms with Gasteiger partial charge in [0, 0.05) is 26.5 Å². The molecule has 1 saturated carbocycles. The Morgan fingerprint density at radius 2 is 2.37 bits per heavy atom. The normalized spacial score (nSPS) is 15.9. The number of nitrogen functional groups attached to an aromatic ring is 1. The van der Waals surface area contributed by atoms with E-state index in [-0.39, 0.29) is 11.3 Å². The van der Waals surface area contributed by atoms with Gasteiger partial charge in [-0.3, -0.25) is 15.6 Å². The van der Waals surface area contributed by atoms with E-state index in [1.807, 2.05) is 0 Å². The highest BCUT2D eigenvalue weighted by atomic mass is 16.5. The van der Waals surface area contributed by atoms with E-state index < -0.39 is 0 Å². The van der Waals surface area contributed by atoms with Crippen molar-refractivity contribution in [3.8, 4) is 0 Å². The van der Waals surface area contributed by atoms with Crippen LogP contribution in [0.3, 0.4) is 0 Å². The molecule has 1 aliphatic carbocycles. The summed E-state index contributed by atoms with van der Waals surface area (Å²) in [4.78, 5) is 16.0. The molecule has 1 aromatic rings. The Hall–Kier alpha value is -1.66. The number of nitrogens with two attached hydrogens (primary N) is 1. The van der Waals surface area contributed by atoms with E-state index in [1.54, 1.807) is 25.4 Å². The SMILES string of the molecule is COCCC1(CNC(=O)c2cc(NN)ccn2)CC1. The van der Waals surface area contributed by atoms with Crippen LogP contribution in [0.15, 0.2) is 18.3 Å². The lowest BCUT2D eigenvalue weighted by Crippen LogP contribution is -2.31. The molecule has 0 aliphatic heterocycles. The maximum atomic E-state index is 12.0. The van der Waals surface area contributed by atoms with Crippen LogP contribution in [-0.2, 0) is 4.74 Å². The van der Waals surface area contributed by atoms with Gasteiger partial charge in [0.05, 0.1) is 5.69 Å². The van der Waals surface area contributed by atoms with Gasteiger partial charge in [-0.25, -0.2) is 0 Å². The van der Waals surface area contributed by atoms with E-state index in [4.69, 9.17) is 10.6 Å². The van der Waals surface area contributed by atoms with Crippen molar-refractivity contribution in [1.29, 1.82) is 0 Å². The Bertz CT molecular complexity index is 446. The van der Waals surface area contributed by atoms with Gasteiger partial charge in [-0.05, 0) is 36.8 Å². The number of hydrazine groups is 1. The smallest absolute Gasteiger partial charge is 0.269 e. The number of nitrogens with zero attached hydrogens (tertiary/aromatic N) is 1. The lowest BCUT2D eigenvalue weighted by atomic mass is 10.0. The molecule has 0 atom stereocenters. The average Bonchev–Trinajstić information content (AvgIpc) is 3.23. The van der Waals surface area contributed by atoms with Crippen LogP contribution in [0, 0.1) is 5.41 Å². The molecular weight excluding hydrogens is 244 g/mol. The molecule has 1 aromatic heterocycles. The van der Waals surface area contributed by atoms with Crippen LogP contribution in [0.5, 0.6) is 0 Å². The summed E-state index contributed by atoms with van der Waals surface area (Å²) in [5.41, 5.74) is 3.77. The predicted molar refractivity (Wildman–Crippen MR) is 72.5 cm³/mol. The molecule has 0 unspecified atom stereocenters. The van der Waals surface area contributed by atoms with Crippen LogP contribution in [0.1, 0.15) is 29.8 Å². The highest BCUT2D eigenvalue weighted by Gasteiger charge is 2.42. The zero-order valence-electron chi connectivity index (χ0n) is 11.1. The molecule has 6 nitrogen and oxygen atoms in total. The Morgan fingerprint density at radius 1 is 1.58 bits per heavy atom. The maximum absolute atomic E-state index is 12.0. The van der Waals surface area contributed by atoms with Gasteiger partial charge >= 0.3 is 0 Å². The fourth-order valence-corrected chi connectivity index (χ4v) is 2.01. The number of carbonyl (C=O) groups excluding carboxylic acids is 1.